The quantitative estimate of drug-likeness (QED) is 0.586. The van der Waals surface area contributed by atoms with Crippen LogP contribution in [0.4, 0.5) is 4.39 Å². The van der Waals surface area contributed by atoms with Crippen LogP contribution in [0.3, 0.4) is 0 Å². The van der Waals surface area contributed by atoms with Crippen molar-refractivity contribution in [2.45, 2.75) is 13.5 Å². The van der Waals surface area contributed by atoms with Crippen LogP contribution >= 0.6 is 22.6 Å². The van der Waals surface area contributed by atoms with Gasteiger partial charge in [-0.15, -0.1) is 0 Å². The van der Waals surface area contributed by atoms with Gasteiger partial charge < -0.3 is 4.74 Å². The first-order chi connectivity index (χ1) is 11.5. The smallest absolute Gasteiger partial charge is 0.368 e. The minimum atomic E-state index is -0.358. The molecule has 0 aliphatic heterocycles. The number of nitrogens with zero attached hydrogens (tertiary/aromatic N) is 4. The maximum absolute atomic E-state index is 13.4. The first kappa shape index (κ1) is 16.6. The Bertz CT molecular complexity index is 951. The van der Waals surface area contributed by atoms with Gasteiger partial charge in [0.1, 0.15) is 18.2 Å². The number of hydrogen-bond donors (Lipinski definition) is 0. The van der Waals surface area contributed by atoms with Gasteiger partial charge in [0.15, 0.2) is 0 Å². The van der Waals surface area contributed by atoms with Crippen LogP contribution in [0.15, 0.2) is 41.2 Å². The molecule has 0 amide bonds. The lowest BCUT2D eigenvalue weighted by Gasteiger charge is -2.13. The molecule has 0 N–H and O–H groups in total. The first-order valence-corrected chi connectivity index (χ1v) is 8.21. The number of ether oxygens (including phenoxy) is 1. The zero-order valence-corrected chi connectivity index (χ0v) is 15.2. The Hall–Kier alpha value is -2.23. The molecular formula is C16H14FIN4O2. The summed E-state index contributed by atoms with van der Waals surface area (Å²) in [4.78, 5) is 12.1. The average Bonchev–Trinajstić information content (AvgIpc) is 2.88. The molecule has 0 spiro atoms. The Balaban J connectivity index is 1.98. The van der Waals surface area contributed by atoms with Crippen molar-refractivity contribution in [2.75, 3.05) is 0 Å². The molecule has 3 rings (SSSR count). The number of aryl methyl sites for hydroxylation is 2. The summed E-state index contributed by atoms with van der Waals surface area (Å²) < 4.78 is 22.5. The van der Waals surface area contributed by atoms with Gasteiger partial charge in [-0.25, -0.2) is 9.18 Å². The molecule has 124 valence electrons. The van der Waals surface area contributed by atoms with Gasteiger partial charge in [-0.3, -0.25) is 0 Å². The lowest BCUT2D eigenvalue weighted by molar-refractivity contribution is 0.301. The molecule has 1 heterocycles. The standard InChI is InChI=1S/C16H14FIN4O2/c1-10-6-7-11(17)8-15(10)24-9-12-13(18)4-3-5-14(12)22-16(23)21(2)19-20-22/h3-8H,9H2,1-2H3. The fourth-order valence-corrected chi connectivity index (χ4v) is 2.87. The molecule has 3 aromatic rings. The number of tetrazole rings is 1. The fraction of sp³-hybridized carbons (Fsp3) is 0.188. The summed E-state index contributed by atoms with van der Waals surface area (Å²) in [5, 5.41) is 7.60. The largest absolute Gasteiger partial charge is 0.488 e. The van der Waals surface area contributed by atoms with Crippen LogP contribution in [0.5, 0.6) is 5.75 Å². The summed E-state index contributed by atoms with van der Waals surface area (Å²) in [5.41, 5.74) is 1.86. The molecule has 0 bridgehead atoms. The molecule has 0 unspecified atom stereocenters. The van der Waals surface area contributed by atoms with Crippen molar-refractivity contribution in [3.05, 3.63) is 67.4 Å². The van der Waals surface area contributed by atoms with Crippen molar-refractivity contribution in [3.63, 3.8) is 0 Å². The molecule has 1 aromatic heterocycles. The summed E-state index contributed by atoms with van der Waals surface area (Å²) in [6.07, 6.45) is 0. The SMILES string of the molecule is Cc1ccc(F)cc1OCc1c(I)cccc1-n1nnn(C)c1=O. The Morgan fingerprint density at radius 2 is 2.04 bits per heavy atom. The van der Waals surface area contributed by atoms with Crippen molar-refractivity contribution in [3.8, 4) is 11.4 Å². The van der Waals surface area contributed by atoms with Gasteiger partial charge in [0, 0.05) is 22.2 Å². The van der Waals surface area contributed by atoms with Crippen molar-refractivity contribution in [1.29, 1.82) is 0 Å². The van der Waals surface area contributed by atoms with Gasteiger partial charge in [0.2, 0.25) is 0 Å². The highest BCUT2D eigenvalue weighted by Gasteiger charge is 2.14. The third kappa shape index (κ3) is 3.18. The van der Waals surface area contributed by atoms with Crippen LogP contribution in [0.1, 0.15) is 11.1 Å². The average molecular weight is 440 g/mol. The van der Waals surface area contributed by atoms with Gasteiger partial charge in [-0.05, 0) is 63.7 Å². The van der Waals surface area contributed by atoms with Gasteiger partial charge in [0.25, 0.3) is 0 Å². The molecule has 24 heavy (non-hydrogen) atoms. The van der Waals surface area contributed by atoms with Crippen molar-refractivity contribution < 1.29 is 9.13 Å². The zero-order valence-electron chi connectivity index (χ0n) is 13.0. The van der Waals surface area contributed by atoms with Crippen LogP contribution in [0.2, 0.25) is 0 Å². The van der Waals surface area contributed by atoms with Crippen LogP contribution in [0, 0.1) is 16.3 Å². The maximum Gasteiger partial charge on any atom is 0.368 e. The lowest BCUT2D eigenvalue weighted by atomic mass is 10.2. The summed E-state index contributed by atoms with van der Waals surface area (Å²) in [5.74, 6) is 0.107. The second-order valence-electron chi connectivity index (χ2n) is 5.23. The van der Waals surface area contributed by atoms with E-state index >= 15 is 0 Å². The van der Waals surface area contributed by atoms with Crippen molar-refractivity contribution >= 4 is 22.6 Å². The highest BCUT2D eigenvalue weighted by atomic mass is 127. The summed E-state index contributed by atoms with van der Waals surface area (Å²) in [6.45, 7) is 2.03. The number of benzene rings is 2. The summed E-state index contributed by atoms with van der Waals surface area (Å²) >= 11 is 2.16. The normalized spacial score (nSPS) is 10.8. The predicted molar refractivity (Wildman–Crippen MR) is 94.8 cm³/mol. The van der Waals surface area contributed by atoms with Crippen molar-refractivity contribution in [1.82, 2.24) is 19.8 Å². The molecule has 0 fully saturated rings. The van der Waals surface area contributed by atoms with Crippen LogP contribution < -0.4 is 10.4 Å². The van der Waals surface area contributed by atoms with Crippen molar-refractivity contribution in [2.24, 2.45) is 7.05 Å². The van der Waals surface area contributed by atoms with E-state index in [1.807, 2.05) is 19.1 Å². The van der Waals surface area contributed by atoms with E-state index in [2.05, 4.69) is 33.0 Å². The molecule has 0 aliphatic carbocycles. The predicted octanol–water partition coefficient (Wildman–Crippen LogP) is 2.60. The zero-order chi connectivity index (χ0) is 17.3. The highest BCUT2D eigenvalue weighted by molar-refractivity contribution is 14.1. The van der Waals surface area contributed by atoms with Crippen LogP contribution in [0.25, 0.3) is 5.69 Å². The van der Waals surface area contributed by atoms with E-state index in [1.165, 1.54) is 23.9 Å². The Labute approximate surface area is 151 Å². The molecule has 0 saturated carbocycles. The topological polar surface area (TPSA) is 61.9 Å². The Morgan fingerprint density at radius 3 is 2.75 bits per heavy atom. The Morgan fingerprint density at radius 1 is 1.25 bits per heavy atom. The van der Waals surface area contributed by atoms with E-state index < -0.39 is 0 Å². The molecule has 2 aromatic carbocycles. The first-order valence-electron chi connectivity index (χ1n) is 7.13. The van der Waals surface area contributed by atoms with E-state index in [4.69, 9.17) is 4.74 Å². The third-order valence-corrected chi connectivity index (χ3v) is 4.58. The number of halogens is 2. The van der Waals surface area contributed by atoms with Gasteiger partial charge in [0.05, 0.1) is 5.69 Å². The molecule has 6 nitrogen and oxygen atoms in total. The highest BCUT2D eigenvalue weighted by Crippen LogP contribution is 2.24. The molecule has 8 heteroatoms. The molecule has 0 radical (unpaired) electrons. The molecule has 0 atom stereocenters. The van der Waals surface area contributed by atoms with Gasteiger partial charge in [-0.2, -0.15) is 9.36 Å². The van der Waals surface area contributed by atoms with Gasteiger partial charge in [-0.1, -0.05) is 12.1 Å². The van der Waals surface area contributed by atoms with Crippen LogP contribution in [-0.4, -0.2) is 19.8 Å². The number of aromatic nitrogens is 4. The summed E-state index contributed by atoms with van der Waals surface area (Å²) in [7, 11) is 1.53. The van der Waals surface area contributed by atoms with Crippen LogP contribution in [-0.2, 0) is 13.7 Å². The van der Waals surface area contributed by atoms with E-state index in [1.54, 1.807) is 12.1 Å². The van der Waals surface area contributed by atoms with E-state index in [0.29, 0.717) is 11.4 Å². The fourth-order valence-electron chi connectivity index (χ4n) is 2.23. The maximum atomic E-state index is 13.4. The summed E-state index contributed by atoms with van der Waals surface area (Å²) in [6, 6.07) is 9.90. The van der Waals surface area contributed by atoms with Gasteiger partial charge >= 0.3 is 5.69 Å². The number of rotatable bonds is 4. The Kier molecular flexibility index (Phi) is 4.65. The second kappa shape index (κ2) is 6.71. The minimum absolute atomic E-state index is 0.182. The second-order valence-corrected chi connectivity index (χ2v) is 6.40. The third-order valence-electron chi connectivity index (χ3n) is 3.57. The van der Waals surface area contributed by atoms with E-state index in [9.17, 15) is 9.18 Å². The monoisotopic (exact) mass is 440 g/mol. The van der Waals surface area contributed by atoms with E-state index in [0.717, 1.165) is 19.4 Å². The molecule has 0 saturated heterocycles. The minimum Gasteiger partial charge on any atom is -0.488 e. The molecule has 0 aliphatic rings. The molecular weight excluding hydrogens is 426 g/mol. The lowest BCUT2D eigenvalue weighted by Crippen LogP contribution is -2.23. The van der Waals surface area contributed by atoms with E-state index in [-0.39, 0.29) is 18.1 Å². The number of hydrogen-bond acceptors (Lipinski definition) is 4.